The molecule has 21 heavy (non-hydrogen) atoms. The van der Waals surface area contributed by atoms with Crippen molar-refractivity contribution in [2.75, 3.05) is 18.9 Å². The zero-order valence-corrected chi connectivity index (χ0v) is 12.3. The lowest BCUT2D eigenvalue weighted by molar-refractivity contribution is 0.101. The van der Waals surface area contributed by atoms with Gasteiger partial charge in [-0.15, -0.1) is 0 Å². The predicted molar refractivity (Wildman–Crippen MR) is 83.0 cm³/mol. The Morgan fingerprint density at radius 3 is 2.33 bits per heavy atom. The molecular weight excluding hydrogens is 266 g/mol. The van der Waals surface area contributed by atoms with Crippen LogP contribution in [0.25, 0.3) is 0 Å². The summed E-state index contributed by atoms with van der Waals surface area (Å²) in [5, 5.41) is 0. The van der Waals surface area contributed by atoms with Gasteiger partial charge in [-0.25, -0.2) is 0 Å². The van der Waals surface area contributed by atoms with E-state index >= 15 is 0 Å². The average molecular weight is 285 g/mol. The third-order valence-corrected chi connectivity index (χ3v) is 3.05. The van der Waals surface area contributed by atoms with Gasteiger partial charge >= 0.3 is 0 Å². The zero-order chi connectivity index (χ0) is 15.2. The summed E-state index contributed by atoms with van der Waals surface area (Å²) in [5.41, 5.74) is 8.08. The van der Waals surface area contributed by atoms with Gasteiger partial charge in [0.05, 0.1) is 5.69 Å². The molecule has 0 saturated heterocycles. The highest BCUT2D eigenvalue weighted by atomic mass is 16.5. The summed E-state index contributed by atoms with van der Waals surface area (Å²) in [4.78, 5) is 11.2. The van der Waals surface area contributed by atoms with Gasteiger partial charge in [0.2, 0.25) is 0 Å². The monoisotopic (exact) mass is 285 g/mol. The summed E-state index contributed by atoms with van der Waals surface area (Å²) >= 11 is 0. The lowest BCUT2D eigenvalue weighted by atomic mass is 10.1. The van der Waals surface area contributed by atoms with Crippen molar-refractivity contribution in [3.63, 3.8) is 0 Å². The smallest absolute Gasteiger partial charge is 0.159 e. The molecule has 4 nitrogen and oxygen atoms in total. The van der Waals surface area contributed by atoms with Gasteiger partial charge < -0.3 is 15.2 Å². The minimum Gasteiger partial charge on any atom is -0.490 e. The largest absolute Gasteiger partial charge is 0.490 e. The first-order valence-corrected chi connectivity index (χ1v) is 6.79. The minimum absolute atomic E-state index is 0.0176. The lowest BCUT2D eigenvalue weighted by Gasteiger charge is -2.11. The lowest BCUT2D eigenvalue weighted by Crippen LogP contribution is -2.10. The van der Waals surface area contributed by atoms with E-state index in [4.69, 9.17) is 15.2 Å². The Morgan fingerprint density at radius 1 is 1.05 bits per heavy atom. The molecule has 0 bridgehead atoms. The number of aryl methyl sites for hydroxylation is 1. The van der Waals surface area contributed by atoms with Crippen molar-refractivity contribution < 1.29 is 14.3 Å². The number of benzene rings is 2. The van der Waals surface area contributed by atoms with Crippen molar-refractivity contribution in [1.82, 2.24) is 0 Å². The van der Waals surface area contributed by atoms with Crippen LogP contribution in [0.1, 0.15) is 22.8 Å². The predicted octanol–water partition coefficient (Wildman–Crippen LogP) is 3.24. The Balaban J connectivity index is 1.83. The van der Waals surface area contributed by atoms with Crippen molar-refractivity contribution in [3.8, 4) is 11.5 Å². The fraction of sp³-hybridized carbons (Fsp3) is 0.235. The maximum Gasteiger partial charge on any atom is 0.159 e. The minimum atomic E-state index is -0.0176. The maximum atomic E-state index is 11.2. The number of hydrogen-bond donors (Lipinski definition) is 1. The summed E-state index contributed by atoms with van der Waals surface area (Å²) in [5.74, 6) is 1.35. The average Bonchev–Trinajstić information content (AvgIpc) is 2.46. The summed E-state index contributed by atoms with van der Waals surface area (Å²) in [6, 6.07) is 12.9. The second-order valence-corrected chi connectivity index (χ2v) is 4.82. The van der Waals surface area contributed by atoms with Crippen LogP contribution in [0.2, 0.25) is 0 Å². The van der Waals surface area contributed by atoms with Gasteiger partial charge in [-0.05, 0) is 44.2 Å². The normalized spacial score (nSPS) is 10.2. The summed E-state index contributed by atoms with van der Waals surface area (Å²) in [7, 11) is 0. The molecule has 0 aliphatic rings. The number of nitrogens with two attached hydrogens (primary N) is 1. The molecule has 0 unspecified atom stereocenters. The molecule has 0 spiro atoms. The zero-order valence-electron chi connectivity index (χ0n) is 12.3. The summed E-state index contributed by atoms with van der Waals surface area (Å²) in [6.45, 7) is 4.35. The second-order valence-electron chi connectivity index (χ2n) is 4.82. The van der Waals surface area contributed by atoms with Gasteiger partial charge in [0.1, 0.15) is 24.7 Å². The van der Waals surface area contributed by atoms with E-state index in [1.54, 1.807) is 18.2 Å². The maximum absolute atomic E-state index is 11.2. The molecular formula is C17H19NO3. The van der Waals surface area contributed by atoms with Gasteiger partial charge in [-0.2, -0.15) is 0 Å². The van der Waals surface area contributed by atoms with Crippen molar-refractivity contribution >= 4 is 11.5 Å². The van der Waals surface area contributed by atoms with Crippen LogP contribution < -0.4 is 15.2 Å². The van der Waals surface area contributed by atoms with Crippen LogP contribution in [0.3, 0.4) is 0 Å². The SMILES string of the molecule is CC(=O)c1ccc(OCCOc2ccc(C)cc2)c(N)c1. The summed E-state index contributed by atoms with van der Waals surface area (Å²) in [6.07, 6.45) is 0. The van der Waals surface area contributed by atoms with E-state index in [-0.39, 0.29) is 5.78 Å². The number of ketones is 1. The van der Waals surface area contributed by atoms with E-state index in [0.29, 0.717) is 30.2 Å². The van der Waals surface area contributed by atoms with Crippen LogP contribution >= 0.6 is 0 Å². The van der Waals surface area contributed by atoms with Gasteiger partial charge in [0, 0.05) is 5.56 Å². The first kappa shape index (κ1) is 14.9. The Kier molecular flexibility index (Phi) is 4.82. The van der Waals surface area contributed by atoms with Crippen LogP contribution in [-0.4, -0.2) is 19.0 Å². The molecule has 2 N–H and O–H groups in total. The molecule has 0 amide bonds. The Morgan fingerprint density at radius 2 is 1.71 bits per heavy atom. The highest BCUT2D eigenvalue weighted by Crippen LogP contribution is 2.22. The molecule has 2 aromatic carbocycles. The number of carbonyl (C=O) groups excluding carboxylic acids is 1. The molecule has 0 atom stereocenters. The molecule has 110 valence electrons. The molecule has 0 aromatic heterocycles. The first-order chi connectivity index (χ1) is 10.1. The first-order valence-electron chi connectivity index (χ1n) is 6.79. The van der Waals surface area contributed by atoms with E-state index in [0.717, 1.165) is 5.75 Å². The molecule has 4 heteroatoms. The van der Waals surface area contributed by atoms with E-state index in [1.165, 1.54) is 12.5 Å². The molecule has 0 aliphatic carbocycles. The highest BCUT2D eigenvalue weighted by molar-refractivity contribution is 5.95. The summed E-state index contributed by atoms with van der Waals surface area (Å²) < 4.78 is 11.1. The highest BCUT2D eigenvalue weighted by Gasteiger charge is 2.05. The molecule has 0 radical (unpaired) electrons. The Bertz CT molecular complexity index is 620. The van der Waals surface area contributed by atoms with E-state index in [1.807, 2.05) is 31.2 Å². The molecule has 2 rings (SSSR count). The molecule has 0 fully saturated rings. The van der Waals surface area contributed by atoms with Crippen LogP contribution in [0.15, 0.2) is 42.5 Å². The number of anilines is 1. The van der Waals surface area contributed by atoms with Gasteiger partial charge in [-0.3, -0.25) is 4.79 Å². The van der Waals surface area contributed by atoms with Crippen molar-refractivity contribution in [1.29, 1.82) is 0 Å². The number of carbonyl (C=O) groups is 1. The quantitative estimate of drug-likeness (QED) is 0.503. The van der Waals surface area contributed by atoms with Crippen LogP contribution in [0, 0.1) is 6.92 Å². The van der Waals surface area contributed by atoms with Gasteiger partial charge in [0.25, 0.3) is 0 Å². The Hall–Kier alpha value is -2.49. The Labute approximate surface area is 124 Å². The van der Waals surface area contributed by atoms with Crippen LogP contribution in [0.5, 0.6) is 11.5 Å². The number of nitrogen functional groups attached to an aromatic ring is 1. The van der Waals surface area contributed by atoms with E-state index < -0.39 is 0 Å². The van der Waals surface area contributed by atoms with Crippen molar-refractivity contribution in [2.45, 2.75) is 13.8 Å². The third kappa shape index (κ3) is 4.24. The number of ether oxygens (including phenoxy) is 2. The molecule has 0 saturated carbocycles. The van der Waals surface area contributed by atoms with Crippen molar-refractivity contribution in [3.05, 3.63) is 53.6 Å². The topological polar surface area (TPSA) is 61.5 Å². The molecule has 2 aromatic rings. The van der Waals surface area contributed by atoms with Gasteiger partial charge in [0.15, 0.2) is 5.78 Å². The standard InChI is InChI=1S/C17H19NO3/c1-12-3-6-15(7-4-12)20-9-10-21-17-8-5-14(13(2)19)11-16(17)18/h3-8,11H,9-10,18H2,1-2H3. The molecule has 0 heterocycles. The van der Waals surface area contributed by atoms with Crippen LogP contribution in [-0.2, 0) is 0 Å². The van der Waals surface area contributed by atoms with E-state index in [9.17, 15) is 4.79 Å². The number of rotatable bonds is 6. The van der Waals surface area contributed by atoms with Gasteiger partial charge in [-0.1, -0.05) is 17.7 Å². The number of hydrogen-bond acceptors (Lipinski definition) is 4. The number of Topliss-reactive ketones (excluding diaryl/α,β-unsaturated/α-hetero) is 1. The second kappa shape index (κ2) is 6.79. The van der Waals surface area contributed by atoms with Crippen molar-refractivity contribution in [2.24, 2.45) is 0 Å². The fourth-order valence-electron chi connectivity index (χ4n) is 1.84. The third-order valence-electron chi connectivity index (χ3n) is 3.05. The molecule has 0 aliphatic heterocycles. The van der Waals surface area contributed by atoms with Crippen LogP contribution in [0.4, 0.5) is 5.69 Å². The van der Waals surface area contributed by atoms with E-state index in [2.05, 4.69) is 0 Å². The fourth-order valence-corrected chi connectivity index (χ4v) is 1.84.